The molecule has 1 unspecified atom stereocenters. The van der Waals surface area contributed by atoms with Crippen LogP contribution in [0.25, 0.3) is 0 Å². The molecule has 0 aromatic carbocycles. The van der Waals surface area contributed by atoms with Gasteiger partial charge in [-0.3, -0.25) is 13.8 Å². The quantitative estimate of drug-likeness (QED) is 0.0161. The zero-order chi connectivity index (χ0) is 40.2. The van der Waals surface area contributed by atoms with Gasteiger partial charge in [-0.2, -0.15) is 0 Å². The first-order valence-electron chi connectivity index (χ1n) is 21.6. The molecule has 0 aromatic heterocycles. The number of likely N-dealkylation sites (N-methyl/N-ethyl adjacent to an activating group) is 1. The van der Waals surface area contributed by atoms with Crippen LogP contribution in [0.15, 0.2) is 48.6 Å². The number of nitrogens with one attached hydrogen (secondary N) is 1. The number of allylic oxidation sites excluding steroid dienone is 7. The number of carbonyl (C=O) groups is 1. The van der Waals surface area contributed by atoms with Gasteiger partial charge in [-0.15, -0.1) is 0 Å². The first-order valence-corrected chi connectivity index (χ1v) is 23.1. The van der Waals surface area contributed by atoms with Gasteiger partial charge in [0.05, 0.1) is 46.0 Å². The minimum Gasteiger partial charge on any atom is -0.391 e. The highest BCUT2D eigenvalue weighted by atomic mass is 31.2. The molecule has 0 saturated carbocycles. The summed E-state index contributed by atoms with van der Waals surface area (Å²) in [5.41, 5.74) is 0. The summed E-state index contributed by atoms with van der Waals surface area (Å²) in [6, 6.07) is -0.803. The van der Waals surface area contributed by atoms with Crippen LogP contribution in [0.3, 0.4) is 0 Å². The lowest BCUT2D eigenvalue weighted by molar-refractivity contribution is -0.870. The molecule has 10 heteroatoms. The van der Waals surface area contributed by atoms with Crippen LogP contribution in [0.1, 0.15) is 168 Å². The number of aliphatic hydroxyl groups is 2. The number of unbranched alkanes of at least 4 members (excludes halogenated alkanes) is 16. The molecule has 4 N–H and O–H groups in total. The van der Waals surface area contributed by atoms with E-state index in [0.29, 0.717) is 23.9 Å². The second-order valence-corrected chi connectivity index (χ2v) is 17.4. The van der Waals surface area contributed by atoms with Gasteiger partial charge >= 0.3 is 7.82 Å². The number of hydrogen-bond donors (Lipinski definition) is 4. The number of amides is 1. The van der Waals surface area contributed by atoms with Gasteiger partial charge in [0.2, 0.25) is 5.91 Å². The molecule has 0 aromatic rings. The minimum absolute atomic E-state index is 0.0545. The first kappa shape index (κ1) is 52.4. The Morgan fingerprint density at radius 2 is 1.20 bits per heavy atom. The van der Waals surface area contributed by atoms with Gasteiger partial charge in [-0.1, -0.05) is 172 Å². The third-order valence-corrected chi connectivity index (χ3v) is 10.4. The SMILES string of the molecule is CCCCCCCCCCCCCCCC[C@@H](O)[C@H](COP(=O)(O)OCC[N+](C)(C)C)NC(=O)CCC/C=C\C/C=C\C/C=C\C=C\[C@@H](O)CCCCC. The zero-order valence-corrected chi connectivity index (χ0v) is 36.2. The smallest absolute Gasteiger partial charge is 0.391 e. The Morgan fingerprint density at radius 3 is 1.80 bits per heavy atom. The summed E-state index contributed by atoms with van der Waals surface area (Å²) in [5, 5.41) is 23.8. The van der Waals surface area contributed by atoms with Gasteiger partial charge in [-0.05, 0) is 38.5 Å². The number of phosphoric ester groups is 1. The summed E-state index contributed by atoms with van der Waals surface area (Å²) in [5.74, 6) is -0.218. The molecule has 0 aliphatic rings. The van der Waals surface area contributed by atoms with Crippen molar-refractivity contribution in [1.82, 2.24) is 5.32 Å². The Morgan fingerprint density at radius 1 is 0.685 bits per heavy atom. The van der Waals surface area contributed by atoms with Gasteiger partial charge < -0.3 is 24.9 Å². The van der Waals surface area contributed by atoms with Crippen molar-refractivity contribution in [3.8, 4) is 0 Å². The molecule has 0 bridgehead atoms. The molecular weight excluding hydrogens is 699 g/mol. The van der Waals surface area contributed by atoms with Crippen LogP contribution in [-0.2, 0) is 18.4 Å². The van der Waals surface area contributed by atoms with Crippen molar-refractivity contribution in [1.29, 1.82) is 0 Å². The summed E-state index contributed by atoms with van der Waals surface area (Å²) in [6.07, 6.45) is 40.3. The number of carbonyl (C=O) groups excluding carboxylic acids is 1. The number of phosphoric acid groups is 1. The van der Waals surface area contributed by atoms with Gasteiger partial charge in [0.15, 0.2) is 0 Å². The molecule has 4 atom stereocenters. The van der Waals surface area contributed by atoms with Crippen molar-refractivity contribution in [3.63, 3.8) is 0 Å². The summed E-state index contributed by atoms with van der Waals surface area (Å²) in [6.45, 7) is 4.70. The number of aliphatic hydroxyl groups excluding tert-OH is 2. The van der Waals surface area contributed by atoms with Gasteiger partial charge in [-0.25, -0.2) is 4.57 Å². The molecule has 54 heavy (non-hydrogen) atoms. The van der Waals surface area contributed by atoms with Crippen LogP contribution >= 0.6 is 7.82 Å². The number of hydrogen-bond acceptors (Lipinski definition) is 6. The largest absolute Gasteiger partial charge is 0.472 e. The van der Waals surface area contributed by atoms with Crippen LogP contribution in [0, 0.1) is 0 Å². The summed E-state index contributed by atoms with van der Waals surface area (Å²) < 4.78 is 23.5. The molecule has 0 heterocycles. The van der Waals surface area contributed by atoms with Crippen molar-refractivity contribution >= 4 is 13.7 Å². The predicted molar refractivity (Wildman–Crippen MR) is 227 cm³/mol. The molecule has 1 amide bonds. The fourth-order valence-corrected chi connectivity index (χ4v) is 6.65. The zero-order valence-electron chi connectivity index (χ0n) is 35.3. The molecule has 0 rings (SSSR count). The fourth-order valence-electron chi connectivity index (χ4n) is 5.91. The van der Waals surface area contributed by atoms with E-state index in [1.807, 2.05) is 39.4 Å². The summed E-state index contributed by atoms with van der Waals surface area (Å²) >= 11 is 0. The standard InChI is InChI=1S/C44H83N2O7P/c1-6-8-10-11-12-13-14-15-16-19-22-25-28-32-36-43(48)42(40-53-54(50,51)52-39-38-46(3,4)5)45-44(49)37-33-29-26-23-20-17-18-21-24-27-31-35-41(47)34-30-9-7-2/h17-18,23-24,26-27,31,35,41-43,47-48H,6-16,19-22,25,28-30,32-34,36-40H2,1-5H3,(H-,45,49,50,51)/p+1/b18-17-,26-23-,27-24-,35-31+/t41-,42-,43+/m0/s1. The normalized spacial score (nSPS) is 15.5. The summed E-state index contributed by atoms with van der Waals surface area (Å²) in [7, 11) is 1.55. The van der Waals surface area contributed by atoms with Crippen LogP contribution < -0.4 is 5.32 Å². The average Bonchev–Trinajstić information content (AvgIpc) is 3.11. The maximum atomic E-state index is 12.8. The molecule has 316 valence electrons. The van der Waals surface area contributed by atoms with E-state index < -0.39 is 20.0 Å². The van der Waals surface area contributed by atoms with Crippen LogP contribution in [0.2, 0.25) is 0 Å². The van der Waals surface area contributed by atoms with E-state index >= 15 is 0 Å². The maximum absolute atomic E-state index is 12.8. The Labute approximate surface area is 332 Å². The van der Waals surface area contributed by atoms with Gasteiger partial charge in [0.25, 0.3) is 0 Å². The fraction of sp³-hybridized carbons (Fsp3) is 0.795. The lowest BCUT2D eigenvalue weighted by Crippen LogP contribution is -2.46. The number of rotatable bonds is 38. The molecule has 0 saturated heterocycles. The van der Waals surface area contributed by atoms with E-state index in [0.717, 1.165) is 64.2 Å². The molecule has 0 radical (unpaired) electrons. The predicted octanol–water partition coefficient (Wildman–Crippen LogP) is 10.7. The molecule has 9 nitrogen and oxygen atoms in total. The van der Waals surface area contributed by atoms with Gasteiger partial charge in [0, 0.05) is 6.42 Å². The van der Waals surface area contributed by atoms with Crippen molar-refractivity contribution in [2.24, 2.45) is 0 Å². The molecular formula is C44H84N2O7P+. The van der Waals surface area contributed by atoms with E-state index in [-0.39, 0.29) is 31.6 Å². The monoisotopic (exact) mass is 784 g/mol. The Balaban J connectivity index is 4.55. The Bertz CT molecular complexity index is 1040. The molecule has 0 aliphatic carbocycles. The molecule has 0 aliphatic heterocycles. The highest BCUT2D eigenvalue weighted by molar-refractivity contribution is 7.47. The lowest BCUT2D eigenvalue weighted by atomic mass is 10.0. The minimum atomic E-state index is -4.34. The topological polar surface area (TPSA) is 125 Å². The van der Waals surface area contributed by atoms with E-state index in [2.05, 4.69) is 49.5 Å². The highest BCUT2D eigenvalue weighted by Crippen LogP contribution is 2.43. The first-order chi connectivity index (χ1) is 25.9. The van der Waals surface area contributed by atoms with Crippen LogP contribution in [0.4, 0.5) is 0 Å². The lowest BCUT2D eigenvalue weighted by Gasteiger charge is -2.26. The van der Waals surface area contributed by atoms with E-state index in [4.69, 9.17) is 9.05 Å². The second-order valence-electron chi connectivity index (χ2n) is 15.9. The number of nitrogens with zero attached hydrogens (tertiary/aromatic N) is 1. The summed E-state index contributed by atoms with van der Waals surface area (Å²) in [4.78, 5) is 23.1. The van der Waals surface area contributed by atoms with E-state index in [1.54, 1.807) is 0 Å². The average molecular weight is 784 g/mol. The van der Waals surface area contributed by atoms with Crippen molar-refractivity contribution in [3.05, 3.63) is 48.6 Å². The Hall–Kier alpha value is -1.58. The molecule has 0 fully saturated rings. The maximum Gasteiger partial charge on any atom is 0.472 e. The highest BCUT2D eigenvalue weighted by Gasteiger charge is 2.28. The van der Waals surface area contributed by atoms with E-state index in [9.17, 15) is 24.5 Å². The van der Waals surface area contributed by atoms with Crippen molar-refractivity contribution in [2.45, 2.75) is 186 Å². The van der Waals surface area contributed by atoms with Crippen molar-refractivity contribution < 1.29 is 38.0 Å². The van der Waals surface area contributed by atoms with Gasteiger partial charge in [0.1, 0.15) is 13.2 Å². The third kappa shape index (κ3) is 37.3. The third-order valence-electron chi connectivity index (χ3n) is 9.43. The van der Waals surface area contributed by atoms with E-state index in [1.165, 1.54) is 70.6 Å². The van der Waals surface area contributed by atoms with Crippen LogP contribution in [0.5, 0.6) is 0 Å². The van der Waals surface area contributed by atoms with Crippen LogP contribution in [-0.4, -0.2) is 84.6 Å². The second kappa shape index (κ2) is 35.8. The Kier molecular flexibility index (Phi) is 34.8. The number of quaternary nitrogens is 1. The van der Waals surface area contributed by atoms with Crippen molar-refractivity contribution in [2.75, 3.05) is 40.9 Å². The molecule has 0 spiro atoms.